The van der Waals surface area contributed by atoms with Crippen LogP contribution in [0.5, 0.6) is 11.5 Å². The smallest absolute Gasteiger partial charge is 0.305 e. The number of hydrogen-bond donors (Lipinski definition) is 0. The Morgan fingerprint density at radius 2 is 1.81 bits per heavy atom. The second-order valence-electron chi connectivity index (χ2n) is 5.94. The average Bonchev–Trinajstić information content (AvgIpc) is 3.09. The van der Waals surface area contributed by atoms with Gasteiger partial charge in [-0.05, 0) is 48.6 Å². The molecule has 0 radical (unpaired) electrons. The molecule has 0 atom stereocenters. The Balaban J connectivity index is 2.03. The van der Waals surface area contributed by atoms with Crippen LogP contribution in [0.3, 0.4) is 0 Å². The molecular weight excluding hydrogens is 364 g/mol. The third kappa shape index (κ3) is 3.90. The monoisotopic (exact) mass is 386 g/mol. The molecule has 2 aromatic carbocycles. The summed E-state index contributed by atoms with van der Waals surface area (Å²) in [7, 11) is 4.63. The van der Waals surface area contributed by atoms with Crippen molar-refractivity contribution in [1.29, 1.82) is 0 Å². The summed E-state index contributed by atoms with van der Waals surface area (Å²) in [6.45, 7) is 0. The van der Waals surface area contributed by atoms with Crippen LogP contribution in [0.15, 0.2) is 45.7 Å². The van der Waals surface area contributed by atoms with Crippen LogP contribution in [0, 0.1) is 0 Å². The van der Waals surface area contributed by atoms with Gasteiger partial charge in [-0.2, -0.15) is 0 Å². The Hall–Kier alpha value is -2.60. The Morgan fingerprint density at radius 3 is 2.48 bits per heavy atom. The van der Waals surface area contributed by atoms with Crippen LogP contribution in [0.1, 0.15) is 12.0 Å². The van der Waals surface area contributed by atoms with Gasteiger partial charge in [0.15, 0.2) is 11.5 Å². The first-order valence-electron chi connectivity index (χ1n) is 8.50. The average molecular weight is 386 g/mol. The van der Waals surface area contributed by atoms with E-state index in [1.807, 2.05) is 36.6 Å². The van der Waals surface area contributed by atoms with Crippen molar-refractivity contribution >= 4 is 28.7 Å². The van der Waals surface area contributed by atoms with E-state index in [2.05, 4.69) is 6.07 Å². The molecule has 0 fully saturated rings. The van der Waals surface area contributed by atoms with Gasteiger partial charge in [-0.15, -0.1) is 11.8 Å². The molecule has 0 N–H and O–H groups in total. The number of furan rings is 1. The zero-order valence-electron chi connectivity index (χ0n) is 15.8. The molecule has 6 heteroatoms. The number of ether oxygens (including phenoxy) is 3. The highest BCUT2D eigenvalue weighted by atomic mass is 32.2. The molecule has 0 unspecified atom stereocenters. The molecule has 142 valence electrons. The maximum absolute atomic E-state index is 11.4. The van der Waals surface area contributed by atoms with Crippen LogP contribution >= 0.6 is 11.8 Å². The lowest BCUT2D eigenvalue weighted by Crippen LogP contribution is -2.01. The zero-order chi connectivity index (χ0) is 19.4. The van der Waals surface area contributed by atoms with Gasteiger partial charge in [0.05, 0.1) is 26.2 Å². The lowest BCUT2D eigenvalue weighted by molar-refractivity contribution is -0.140. The molecule has 5 nitrogen and oxygen atoms in total. The minimum atomic E-state index is -0.210. The fourth-order valence-electron chi connectivity index (χ4n) is 3.00. The minimum absolute atomic E-state index is 0.210. The predicted molar refractivity (Wildman–Crippen MR) is 107 cm³/mol. The molecule has 3 aromatic rings. The van der Waals surface area contributed by atoms with Gasteiger partial charge in [-0.3, -0.25) is 4.79 Å². The summed E-state index contributed by atoms with van der Waals surface area (Å²) < 4.78 is 21.6. The van der Waals surface area contributed by atoms with Gasteiger partial charge in [0.2, 0.25) is 0 Å². The first-order chi connectivity index (χ1) is 13.1. The Morgan fingerprint density at radius 1 is 1.04 bits per heavy atom. The van der Waals surface area contributed by atoms with Crippen molar-refractivity contribution in [1.82, 2.24) is 0 Å². The van der Waals surface area contributed by atoms with Crippen LogP contribution in [-0.4, -0.2) is 33.6 Å². The van der Waals surface area contributed by atoms with Gasteiger partial charge in [0.1, 0.15) is 11.3 Å². The second-order valence-corrected chi connectivity index (χ2v) is 6.76. The molecule has 0 aliphatic rings. The van der Waals surface area contributed by atoms with E-state index < -0.39 is 0 Å². The SMILES string of the molecule is COC(=O)CCc1ccc2oc(-c3ccc(OC)c(OC)c3)c(SC)c2c1. The number of carbonyl (C=O) groups is 1. The largest absolute Gasteiger partial charge is 0.493 e. The van der Waals surface area contributed by atoms with E-state index in [1.165, 1.54) is 7.11 Å². The van der Waals surface area contributed by atoms with Crippen molar-refractivity contribution in [3.05, 3.63) is 42.0 Å². The van der Waals surface area contributed by atoms with Gasteiger partial charge >= 0.3 is 5.97 Å². The highest BCUT2D eigenvalue weighted by Crippen LogP contribution is 2.42. The standard InChI is InChI=1S/C21H22O5S/c1-23-17-9-7-14(12-18(17)24-2)20-21(27-4)15-11-13(5-8-16(15)26-20)6-10-19(22)25-3/h5,7-9,11-12H,6,10H2,1-4H3. The van der Waals surface area contributed by atoms with E-state index in [1.54, 1.807) is 26.0 Å². The molecule has 1 heterocycles. The summed E-state index contributed by atoms with van der Waals surface area (Å²) in [6.07, 6.45) is 3.01. The summed E-state index contributed by atoms with van der Waals surface area (Å²) in [5.74, 6) is 1.91. The van der Waals surface area contributed by atoms with E-state index in [9.17, 15) is 4.79 Å². The zero-order valence-corrected chi connectivity index (χ0v) is 16.6. The van der Waals surface area contributed by atoms with Gasteiger partial charge in [0, 0.05) is 17.4 Å². The molecule has 0 saturated carbocycles. The van der Waals surface area contributed by atoms with Crippen molar-refractivity contribution in [3.63, 3.8) is 0 Å². The molecule has 27 heavy (non-hydrogen) atoms. The fourth-order valence-corrected chi connectivity index (χ4v) is 3.72. The maximum atomic E-state index is 11.4. The van der Waals surface area contributed by atoms with E-state index in [-0.39, 0.29) is 5.97 Å². The van der Waals surface area contributed by atoms with Gasteiger partial charge in [-0.1, -0.05) is 6.07 Å². The number of esters is 1. The predicted octanol–water partition coefficient (Wildman–Crippen LogP) is 4.94. The summed E-state index contributed by atoms with van der Waals surface area (Å²) in [6, 6.07) is 11.7. The van der Waals surface area contributed by atoms with Crippen molar-refractivity contribution < 1.29 is 23.4 Å². The van der Waals surface area contributed by atoms with Gasteiger partial charge in [-0.25, -0.2) is 0 Å². The van der Waals surface area contributed by atoms with Gasteiger partial charge in [0.25, 0.3) is 0 Å². The Labute approximate surface area is 162 Å². The third-order valence-corrected chi connectivity index (χ3v) is 5.22. The molecule has 0 amide bonds. The first-order valence-corrected chi connectivity index (χ1v) is 9.72. The molecule has 0 aliphatic carbocycles. The molecule has 0 saturated heterocycles. The van der Waals surface area contributed by atoms with E-state index in [0.29, 0.717) is 24.3 Å². The minimum Gasteiger partial charge on any atom is -0.493 e. The highest BCUT2D eigenvalue weighted by Gasteiger charge is 2.18. The number of methoxy groups -OCH3 is 3. The number of benzene rings is 2. The number of fused-ring (bicyclic) bond motifs is 1. The van der Waals surface area contributed by atoms with Crippen LogP contribution in [0.2, 0.25) is 0 Å². The number of rotatable bonds is 7. The van der Waals surface area contributed by atoms with Crippen LogP contribution < -0.4 is 9.47 Å². The van der Waals surface area contributed by atoms with Crippen molar-refractivity contribution in [3.8, 4) is 22.8 Å². The number of carbonyl (C=O) groups excluding carboxylic acids is 1. The number of hydrogen-bond acceptors (Lipinski definition) is 6. The Bertz CT molecular complexity index is 961. The van der Waals surface area contributed by atoms with Crippen LogP contribution in [-0.2, 0) is 16.0 Å². The molecule has 1 aromatic heterocycles. The molecular formula is C21H22O5S. The summed E-state index contributed by atoms with van der Waals surface area (Å²) >= 11 is 1.63. The van der Waals surface area contributed by atoms with E-state index >= 15 is 0 Å². The summed E-state index contributed by atoms with van der Waals surface area (Å²) in [5.41, 5.74) is 2.80. The lowest BCUT2D eigenvalue weighted by Gasteiger charge is -2.09. The highest BCUT2D eigenvalue weighted by molar-refractivity contribution is 7.99. The normalized spacial score (nSPS) is 10.8. The molecule has 0 bridgehead atoms. The fraction of sp³-hybridized carbons (Fsp3) is 0.286. The quantitative estimate of drug-likeness (QED) is 0.423. The first kappa shape index (κ1) is 19.2. The third-order valence-electron chi connectivity index (χ3n) is 4.40. The molecule has 0 aliphatic heterocycles. The van der Waals surface area contributed by atoms with Crippen LogP contribution in [0.4, 0.5) is 0 Å². The molecule has 3 rings (SSSR count). The summed E-state index contributed by atoms with van der Waals surface area (Å²) in [5, 5.41) is 1.04. The summed E-state index contributed by atoms with van der Waals surface area (Å²) in [4.78, 5) is 12.5. The van der Waals surface area contributed by atoms with Crippen molar-refractivity contribution in [2.24, 2.45) is 0 Å². The number of aryl methyl sites for hydroxylation is 1. The maximum Gasteiger partial charge on any atom is 0.305 e. The van der Waals surface area contributed by atoms with Gasteiger partial charge < -0.3 is 18.6 Å². The van der Waals surface area contributed by atoms with Crippen LogP contribution in [0.25, 0.3) is 22.3 Å². The Kier molecular flexibility index (Phi) is 5.96. The topological polar surface area (TPSA) is 57.9 Å². The van der Waals surface area contributed by atoms with E-state index in [0.717, 1.165) is 32.8 Å². The van der Waals surface area contributed by atoms with E-state index in [4.69, 9.17) is 18.6 Å². The van der Waals surface area contributed by atoms with Crippen molar-refractivity contribution in [2.45, 2.75) is 17.7 Å². The number of thioether (sulfide) groups is 1. The van der Waals surface area contributed by atoms with Crippen molar-refractivity contribution in [2.75, 3.05) is 27.6 Å². The second kappa shape index (κ2) is 8.39. The molecule has 0 spiro atoms. The lowest BCUT2D eigenvalue weighted by atomic mass is 10.1.